The molecule has 1 aromatic rings. The van der Waals surface area contributed by atoms with Gasteiger partial charge in [-0.2, -0.15) is 4.31 Å². The summed E-state index contributed by atoms with van der Waals surface area (Å²) < 4.78 is 32.4. The van der Waals surface area contributed by atoms with Crippen LogP contribution in [0.5, 0.6) is 0 Å². The maximum atomic E-state index is 12.6. The molecule has 0 saturated carbocycles. The van der Waals surface area contributed by atoms with E-state index < -0.39 is 10.0 Å². The second-order valence-electron chi connectivity index (χ2n) is 5.18. The van der Waals surface area contributed by atoms with Crippen LogP contribution in [0.2, 0.25) is 5.02 Å². The predicted molar refractivity (Wildman–Crippen MR) is 83.9 cm³/mol. The lowest BCUT2D eigenvalue weighted by Gasteiger charge is -2.31. The van der Waals surface area contributed by atoms with Crippen LogP contribution in [0.1, 0.15) is 26.2 Å². The number of hydrogen-bond acceptors (Lipinski definition) is 4. The fourth-order valence-corrected chi connectivity index (χ4v) is 4.04. The van der Waals surface area contributed by atoms with Gasteiger partial charge in [0.1, 0.15) is 0 Å². The van der Waals surface area contributed by atoms with Crippen molar-refractivity contribution in [1.29, 1.82) is 0 Å². The summed E-state index contributed by atoms with van der Waals surface area (Å²) in [6.07, 6.45) is 2.60. The third-order valence-corrected chi connectivity index (χ3v) is 5.71. The van der Waals surface area contributed by atoms with Gasteiger partial charge < -0.3 is 10.5 Å². The molecule has 2 rings (SSSR count). The topological polar surface area (TPSA) is 72.6 Å². The standard InChI is InChI=1S/C14H21ClN2O3S/c1-2-8-20-11-4-3-7-17(10-11)21(18,19)12-5-6-13(15)14(16)9-12/h5-6,9,11H,2-4,7-8,10,16H2,1H3. The number of piperidine rings is 1. The Morgan fingerprint density at radius 2 is 2.24 bits per heavy atom. The molecule has 0 aromatic heterocycles. The lowest BCUT2D eigenvalue weighted by molar-refractivity contribution is 0.0193. The van der Waals surface area contributed by atoms with E-state index in [2.05, 4.69) is 0 Å². The molecule has 21 heavy (non-hydrogen) atoms. The van der Waals surface area contributed by atoms with Crippen LogP contribution in [0, 0.1) is 0 Å². The van der Waals surface area contributed by atoms with Crippen molar-refractivity contribution in [2.24, 2.45) is 0 Å². The molecule has 1 aromatic carbocycles. The molecular weight excluding hydrogens is 312 g/mol. The highest BCUT2D eigenvalue weighted by Crippen LogP contribution is 2.26. The molecule has 1 heterocycles. The van der Waals surface area contributed by atoms with Gasteiger partial charge in [-0.15, -0.1) is 0 Å². The average molecular weight is 333 g/mol. The van der Waals surface area contributed by atoms with Crippen LogP contribution in [0.3, 0.4) is 0 Å². The highest BCUT2D eigenvalue weighted by molar-refractivity contribution is 7.89. The summed E-state index contributed by atoms with van der Waals surface area (Å²) in [5.41, 5.74) is 5.97. The molecule has 0 bridgehead atoms. The van der Waals surface area contributed by atoms with Crippen LogP contribution >= 0.6 is 11.6 Å². The molecule has 0 radical (unpaired) electrons. The molecule has 1 atom stereocenters. The Labute approximate surface area is 131 Å². The molecule has 7 heteroatoms. The first kappa shape index (κ1) is 16.5. The molecular formula is C14H21ClN2O3S. The number of halogens is 1. The monoisotopic (exact) mass is 332 g/mol. The van der Waals surface area contributed by atoms with Gasteiger partial charge in [0.15, 0.2) is 0 Å². The molecule has 1 fully saturated rings. The van der Waals surface area contributed by atoms with Crippen molar-refractivity contribution < 1.29 is 13.2 Å². The van der Waals surface area contributed by atoms with E-state index in [-0.39, 0.29) is 16.7 Å². The van der Waals surface area contributed by atoms with Crippen molar-refractivity contribution in [3.63, 3.8) is 0 Å². The number of nitrogens with zero attached hydrogens (tertiary/aromatic N) is 1. The number of nitrogens with two attached hydrogens (primary N) is 1. The Bertz CT molecular complexity index is 592. The summed E-state index contributed by atoms with van der Waals surface area (Å²) in [6, 6.07) is 4.41. The SMILES string of the molecule is CCCOC1CCCN(S(=O)(=O)c2ccc(Cl)c(N)c2)C1. The molecule has 1 saturated heterocycles. The summed E-state index contributed by atoms with van der Waals surface area (Å²) in [4.78, 5) is 0.181. The van der Waals surface area contributed by atoms with E-state index in [1.165, 1.54) is 22.5 Å². The first-order valence-corrected chi connectivity index (χ1v) is 8.93. The molecule has 118 valence electrons. The van der Waals surface area contributed by atoms with Gasteiger partial charge in [0.05, 0.1) is 21.7 Å². The Morgan fingerprint density at radius 3 is 2.90 bits per heavy atom. The van der Waals surface area contributed by atoms with Gasteiger partial charge in [0.2, 0.25) is 10.0 Å². The summed E-state index contributed by atoms with van der Waals surface area (Å²) in [6.45, 7) is 3.60. The highest BCUT2D eigenvalue weighted by atomic mass is 35.5. The van der Waals surface area contributed by atoms with Gasteiger partial charge in [-0.25, -0.2) is 8.42 Å². The average Bonchev–Trinajstić information content (AvgIpc) is 2.48. The number of ether oxygens (including phenoxy) is 1. The first-order valence-electron chi connectivity index (χ1n) is 7.12. The van der Waals surface area contributed by atoms with Crippen LogP contribution in [0.25, 0.3) is 0 Å². The van der Waals surface area contributed by atoms with E-state index in [0.29, 0.717) is 24.7 Å². The quantitative estimate of drug-likeness (QED) is 0.841. The third-order valence-electron chi connectivity index (χ3n) is 3.50. The fourth-order valence-electron chi connectivity index (χ4n) is 2.38. The second-order valence-corrected chi connectivity index (χ2v) is 7.53. The van der Waals surface area contributed by atoms with E-state index in [1.54, 1.807) is 0 Å². The van der Waals surface area contributed by atoms with E-state index in [1.807, 2.05) is 6.92 Å². The lowest BCUT2D eigenvalue weighted by Crippen LogP contribution is -2.43. The minimum atomic E-state index is -3.54. The molecule has 0 spiro atoms. The van der Waals surface area contributed by atoms with Gasteiger partial charge in [0.25, 0.3) is 0 Å². The van der Waals surface area contributed by atoms with Crippen LogP contribution in [0.15, 0.2) is 23.1 Å². The molecule has 0 aliphatic carbocycles. The van der Waals surface area contributed by atoms with Crippen LogP contribution in [-0.2, 0) is 14.8 Å². The van der Waals surface area contributed by atoms with E-state index >= 15 is 0 Å². The zero-order valence-electron chi connectivity index (χ0n) is 12.1. The number of anilines is 1. The smallest absolute Gasteiger partial charge is 0.243 e. The molecule has 5 nitrogen and oxygen atoms in total. The largest absolute Gasteiger partial charge is 0.397 e. The number of rotatable bonds is 5. The zero-order chi connectivity index (χ0) is 15.5. The minimum absolute atomic E-state index is 0.0295. The molecule has 2 N–H and O–H groups in total. The summed E-state index contributed by atoms with van der Waals surface area (Å²) >= 11 is 5.84. The van der Waals surface area contributed by atoms with E-state index in [9.17, 15) is 8.42 Å². The number of nitrogen functional groups attached to an aromatic ring is 1. The summed E-state index contributed by atoms with van der Waals surface area (Å²) in [7, 11) is -3.54. The normalized spacial score (nSPS) is 20.6. The Morgan fingerprint density at radius 1 is 1.48 bits per heavy atom. The van der Waals surface area contributed by atoms with Gasteiger partial charge in [-0.1, -0.05) is 18.5 Å². The molecule has 1 unspecified atom stereocenters. The minimum Gasteiger partial charge on any atom is -0.397 e. The van der Waals surface area contributed by atoms with Gasteiger partial charge in [-0.3, -0.25) is 0 Å². The molecule has 1 aliphatic heterocycles. The predicted octanol–water partition coefficient (Wildman–Crippen LogP) is 2.50. The van der Waals surface area contributed by atoms with Crippen LogP contribution in [-0.4, -0.2) is 38.5 Å². The second kappa shape index (κ2) is 6.96. The van der Waals surface area contributed by atoms with Crippen molar-refractivity contribution in [2.45, 2.75) is 37.2 Å². The van der Waals surface area contributed by atoms with Gasteiger partial charge in [0, 0.05) is 19.7 Å². The highest BCUT2D eigenvalue weighted by Gasteiger charge is 2.30. The summed E-state index contributed by atoms with van der Waals surface area (Å²) in [5.74, 6) is 0. The van der Waals surface area contributed by atoms with Gasteiger partial charge in [-0.05, 0) is 37.5 Å². The van der Waals surface area contributed by atoms with Crippen molar-refractivity contribution in [2.75, 3.05) is 25.4 Å². The maximum absolute atomic E-state index is 12.6. The van der Waals surface area contributed by atoms with Crippen LogP contribution < -0.4 is 5.73 Å². The number of benzene rings is 1. The van der Waals surface area contributed by atoms with E-state index in [4.69, 9.17) is 22.1 Å². The van der Waals surface area contributed by atoms with Crippen molar-refractivity contribution in [3.8, 4) is 0 Å². The summed E-state index contributed by atoms with van der Waals surface area (Å²) in [5, 5.41) is 0.358. The Hall–Kier alpha value is -0.820. The molecule has 1 aliphatic rings. The number of sulfonamides is 1. The van der Waals surface area contributed by atoms with E-state index in [0.717, 1.165) is 19.3 Å². The van der Waals surface area contributed by atoms with Crippen molar-refractivity contribution in [3.05, 3.63) is 23.2 Å². The van der Waals surface area contributed by atoms with Crippen molar-refractivity contribution in [1.82, 2.24) is 4.31 Å². The maximum Gasteiger partial charge on any atom is 0.243 e. The first-order chi connectivity index (χ1) is 9.95. The lowest BCUT2D eigenvalue weighted by atomic mass is 10.1. The Kier molecular flexibility index (Phi) is 5.48. The fraction of sp³-hybridized carbons (Fsp3) is 0.571. The van der Waals surface area contributed by atoms with Gasteiger partial charge >= 0.3 is 0 Å². The third kappa shape index (κ3) is 3.88. The van der Waals surface area contributed by atoms with Crippen LogP contribution in [0.4, 0.5) is 5.69 Å². The molecule has 0 amide bonds. The van der Waals surface area contributed by atoms with Crippen molar-refractivity contribution >= 4 is 27.3 Å². The zero-order valence-corrected chi connectivity index (χ0v) is 13.7. The Balaban J connectivity index is 2.16. The number of hydrogen-bond donors (Lipinski definition) is 1.